The number of carbonyl (C=O) groups is 2. The Balaban J connectivity index is 1.26. The molecule has 1 aliphatic rings. The van der Waals surface area contributed by atoms with Crippen molar-refractivity contribution in [2.45, 2.75) is 19.3 Å². The summed E-state index contributed by atoms with van der Waals surface area (Å²) in [7, 11) is 0. The first-order valence-corrected chi connectivity index (χ1v) is 12.5. The van der Waals surface area contributed by atoms with Gasteiger partial charge in [0.1, 0.15) is 0 Å². The van der Waals surface area contributed by atoms with E-state index in [0.29, 0.717) is 10.9 Å². The molecule has 0 unspecified atom stereocenters. The Kier molecular flexibility index (Phi) is 7.38. The molecule has 0 saturated carbocycles. The Hall–Kier alpha value is -2.64. The van der Waals surface area contributed by atoms with Crippen molar-refractivity contribution in [2.75, 3.05) is 29.9 Å². The molecule has 1 aliphatic heterocycles. The summed E-state index contributed by atoms with van der Waals surface area (Å²) in [6.45, 7) is 1.69. The Morgan fingerprint density at radius 1 is 0.903 bits per heavy atom. The molecule has 4 rings (SSSR count). The standard InChI is InChI=1S/C24H25N3O2S2/c28-22(16-30-17-23(29)27-13-5-2-6-14-27)26-24-25-21(15-31-24)20-11-9-19(10-12-20)18-7-3-1-4-8-18/h1,3-4,7-12,15H,2,5-6,13-14,16-17H2,(H,25,26,28). The van der Waals surface area contributed by atoms with E-state index in [1.54, 1.807) is 0 Å². The number of carbonyl (C=O) groups excluding carboxylic acids is 2. The first kappa shape index (κ1) is 21.6. The number of thioether (sulfide) groups is 1. The highest BCUT2D eigenvalue weighted by Crippen LogP contribution is 2.27. The van der Waals surface area contributed by atoms with Gasteiger partial charge < -0.3 is 10.2 Å². The molecule has 160 valence electrons. The van der Waals surface area contributed by atoms with Crippen LogP contribution in [0.4, 0.5) is 5.13 Å². The molecule has 1 saturated heterocycles. The van der Waals surface area contributed by atoms with Gasteiger partial charge in [-0.2, -0.15) is 0 Å². The third-order valence-corrected chi connectivity index (χ3v) is 6.88. The number of hydrogen-bond acceptors (Lipinski definition) is 5. The van der Waals surface area contributed by atoms with Gasteiger partial charge in [0, 0.05) is 24.0 Å². The summed E-state index contributed by atoms with van der Waals surface area (Å²) in [4.78, 5) is 30.9. The van der Waals surface area contributed by atoms with Gasteiger partial charge in [-0.05, 0) is 30.4 Å². The number of thiazole rings is 1. The van der Waals surface area contributed by atoms with Crippen molar-refractivity contribution in [1.82, 2.24) is 9.88 Å². The lowest BCUT2D eigenvalue weighted by atomic mass is 10.0. The topological polar surface area (TPSA) is 62.3 Å². The van der Waals surface area contributed by atoms with Gasteiger partial charge in [0.2, 0.25) is 11.8 Å². The van der Waals surface area contributed by atoms with Crippen LogP contribution in [0.1, 0.15) is 19.3 Å². The van der Waals surface area contributed by atoms with Crippen LogP contribution in [0.5, 0.6) is 0 Å². The lowest BCUT2D eigenvalue weighted by Gasteiger charge is -2.26. The zero-order chi connectivity index (χ0) is 21.5. The number of aromatic nitrogens is 1. The summed E-state index contributed by atoms with van der Waals surface area (Å²) < 4.78 is 0. The predicted octanol–water partition coefficient (Wildman–Crippen LogP) is 5.16. The van der Waals surface area contributed by atoms with Gasteiger partial charge in [-0.15, -0.1) is 23.1 Å². The number of nitrogens with one attached hydrogen (secondary N) is 1. The zero-order valence-electron chi connectivity index (χ0n) is 17.3. The van der Waals surface area contributed by atoms with Crippen LogP contribution < -0.4 is 5.32 Å². The number of amides is 2. The van der Waals surface area contributed by atoms with Crippen LogP contribution in [0.2, 0.25) is 0 Å². The number of rotatable bonds is 7. The zero-order valence-corrected chi connectivity index (χ0v) is 18.9. The van der Waals surface area contributed by atoms with E-state index in [4.69, 9.17) is 0 Å². The third-order valence-electron chi connectivity index (χ3n) is 5.21. The monoisotopic (exact) mass is 451 g/mol. The minimum Gasteiger partial charge on any atom is -0.342 e. The summed E-state index contributed by atoms with van der Waals surface area (Å²) >= 11 is 2.77. The van der Waals surface area contributed by atoms with Gasteiger partial charge in [-0.3, -0.25) is 9.59 Å². The molecule has 5 nitrogen and oxygen atoms in total. The molecule has 0 aliphatic carbocycles. The Morgan fingerprint density at radius 2 is 1.58 bits per heavy atom. The van der Waals surface area contributed by atoms with Crippen molar-refractivity contribution in [1.29, 1.82) is 0 Å². The van der Waals surface area contributed by atoms with Gasteiger partial charge >= 0.3 is 0 Å². The molecule has 2 aromatic carbocycles. The average molecular weight is 452 g/mol. The fourth-order valence-electron chi connectivity index (χ4n) is 3.55. The first-order chi connectivity index (χ1) is 15.2. The van der Waals surface area contributed by atoms with E-state index in [0.717, 1.165) is 42.8 Å². The lowest BCUT2D eigenvalue weighted by molar-refractivity contribution is -0.129. The van der Waals surface area contributed by atoms with Crippen molar-refractivity contribution >= 4 is 40.0 Å². The summed E-state index contributed by atoms with van der Waals surface area (Å²) in [5.41, 5.74) is 4.19. The number of piperidine rings is 1. The molecule has 0 spiro atoms. The highest BCUT2D eigenvalue weighted by molar-refractivity contribution is 8.00. The molecule has 0 radical (unpaired) electrons. The summed E-state index contributed by atoms with van der Waals surface area (Å²) in [6.07, 6.45) is 3.36. The fourth-order valence-corrected chi connectivity index (χ4v) is 5.00. The van der Waals surface area contributed by atoms with Crippen molar-refractivity contribution in [3.8, 4) is 22.4 Å². The maximum atomic E-state index is 12.2. The lowest BCUT2D eigenvalue weighted by Crippen LogP contribution is -2.37. The van der Waals surface area contributed by atoms with Gasteiger partial charge in [0.15, 0.2) is 5.13 Å². The molecule has 1 N–H and O–H groups in total. The average Bonchev–Trinajstić information content (AvgIpc) is 3.28. The summed E-state index contributed by atoms with van der Waals surface area (Å²) in [5.74, 6) is 0.606. The number of likely N-dealkylation sites (tertiary alicyclic amines) is 1. The third kappa shape index (κ3) is 5.95. The van der Waals surface area contributed by atoms with Crippen molar-refractivity contribution < 1.29 is 9.59 Å². The Bertz CT molecular complexity index is 1010. The highest BCUT2D eigenvalue weighted by atomic mass is 32.2. The van der Waals surface area contributed by atoms with Crippen molar-refractivity contribution in [3.05, 3.63) is 60.0 Å². The van der Waals surface area contributed by atoms with Crippen LogP contribution in [-0.2, 0) is 9.59 Å². The molecular weight excluding hydrogens is 426 g/mol. The number of hydrogen-bond donors (Lipinski definition) is 1. The molecule has 2 heterocycles. The SMILES string of the molecule is O=C(CSCC(=O)N1CCCCC1)Nc1nc(-c2ccc(-c3ccccc3)cc2)cs1. The molecule has 0 bridgehead atoms. The van der Waals surface area contributed by atoms with E-state index in [-0.39, 0.29) is 17.6 Å². The summed E-state index contributed by atoms with van der Waals surface area (Å²) in [5, 5.41) is 5.37. The van der Waals surface area contributed by atoms with Gasteiger partial charge in [0.05, 0.1) is 17.2 Å². The molecule has 1 fully saturated rings. The maximum absolute atomic E-state index is 12.2. The molecule has 1 aromatic heterocycles. The second-order valence-corrected chi connectivity index (χ2v) is 9.31. The van der Waals surface area contributed by atoms with Gasteiger partial charge in [-0.1, -0.05) is 54.6 Å². The molecule has 31 heavy (non-hydrogen) atoms. The van der Waals surface area contributed by atoms with Crippen molar-refractivity contribution in [3.63, 3.8) is 0 Å². The Labute approximate surface area is 190 Å². The Morgan fingerprint density at radius 3 is 2.32 bits per heavy atom. The van der Waals surface area contributed by atoms with Crippen LogP contribution in [-0.4, -0.2) is 46.3 Å². The largest absolute Gasteiger partial charge is 0.342 e. The van der Waals surface area contributed by atoms with Crippen LogP contribution >= 0.6 is 23.1 Å². The number of nitrogens with zero attached hydrogens (tertiary/aromatic N) is 2. The van der Waals surface area contributed by atoms with Crippen molar-refractivity contribution in [2.24, 2.45) is 0 Å². The minimum absolute atomic E-state index is 0.128. The van der Waals surface area contributed by atoms with E-state index in [1.165, 1.54) is 35.1 Å². The van der Waals surface area contributed by atoms with E-state index in [9.17, 15) is 9.59 Å². The molecule has 3 aromatic rings. The maximum Gasteiger partial charge on any atom is 0.236 e. The number of benzene rings is 2. The van der Waals surface area contributed by atoms with E-state index >= 15 is 0 Å². The first-order valence-electron chi connectivity index (χ1n) is 10.5. The highest BCUT2D eigenvalue weighted by Gasteiger charge is 2.17. The van der Waals surface area contributed by atoms with E-state index in [2.05, 4.69) is 34.6 Å². The minimum atomic E-state index is -0.128. The van der Waals surface area contributed by atoms with E-state index < -0.39 is 0 Å². The molecule has 7 heteroatoms. The van der Waals surface area contributed by atoms with Crippen LogP contribution in [0.3, 0.4) is 0 Å². The summed E-state index contributed by atoms with van der Waals surface area (Å²) in [6, 6.07) is 18.5. The normalized spacial score (nSPS) is 13.7. The second-order valence-electron chi connectivity index (χ2n) is 7.46. The smallest absolute Gasteiger partial charge is 0.236 e. The molecular formula is C24H25N3O2S2. The van der Waals surface area contributed by atoms with E-state index in [1.807, 2.05) is 40.6 Å². The van der Waals surface area contributed by atoms with Gasteiger partial charge in [-0.25, -0.2) is 4.98 Å². The van der Waals surface area contributed by atoms with Crippen LogP contribution in [0.25, 0.3) is 22.4 Å². The van der Waals surface area contributed by atoms with Gasteiger partial charge in [0.25, 0.3) is 0 Å². The molecule has 2 amide bonds. The quantitative estimate of drug-likeness (QED) is 0.539. The molecule has 0 atom stereocenters. The number of anilines is 1. The van der Waals surface area contributed by atoms with Crippen LogP contribution in [0.15, 0.2) is 60.0 Å². The second kappa shape index (κ2) is 10.6. The van der Waals surface area contributed by atoms with Crippen LogP contribution in [0, 0.1) is 0 Å². The predicted molar refractivity (Wildman–Crippen MR) is 129 cm³/mol. The fraction of sp³-hybridized carbons (Fsp3) is 0.292.